The summed E-state index contributed by atoms with van der Waals surface area (Å²) in [6.45, 7) is 1.65. The van der Waals surface area contributed by atoms with Crippen molar-refractivity contribution in [1.82, 2.24) is 5.32 Å². The molecule has 4 heteroatoms. The Bertz CT molecular complexity index is 353. The molecule has 102 valence electrons. The first kappa shape index (κ1) is 14.0. The molecule has 1 saturated carbocycles. The summed E-state index contributed by atoms with van der Waals surface area (Å²) >= 11 is 1.77. The van der Waals surface area contributed by atoms with Crippen molar-refractivity contribution in [1.29, 1.82) is 0 Å². The molecule has 0 aromatic carbocycles. The summed E-state index contributed by atoms with van der Waals surface area (Å²) in [5.74, 6) is 3.38. The molecule has 1 aliphatic carbocycles. The monoisotopic (exact) mass is 269 g/mol. The molecule has 2 unspecified atom stereocenters. The molecule has 1 heterocycles. The van der Waals surface area contributed by atoms with E-state index in [1.807, 2.05) is 12.1 Å². The van der Waals surface area contributed by atoms with Gasteiger partial charge in [-0.1, -0.05) is 12.8 Å². The highest BCUT2D eigenvalue weighted by atomic mass is 32.2. The van der Waals surface area contributed by atoms with Gasteiger partial charge in [0.2, 0.25) is 0 Å². The minimum atomic E-state index is -0.116. The van der Waals surface area contributed by atoms with Crippen LogP contribution in [0.2, 0.25) is 0 Å². The van der Waals surface area contributed by atoms with E-state index in [0.29, 0.717) is 5.92 Å². The van der Waals surface area contributed by atoms with E-state index in [4.69, 9.17) is 4.42 Å². The van der Waals surface area contributed by atoms with Gasteiger partial charge < -0.3 is 14.8 Å². The lowest BCUT2D eigenvalue weighted by atomic mass is 9.86. The van der Waals surface area contributed by atoms with E-state index in [2.05, 4.69) is 11.6 Å². The Morgan fingerprint density at radius 2 is 2.11 bits per heavy atom. The van der Waals surface area contributed by atoms with Gasteiger partial charge in [0.1, 0.15) is 11.5 Å². The Morgan fingerprint density at radius 1 is 1.33 bits per heavy atom. The van der Waals surface area contributed by atoms with Gasteiger partial charge in [-0.15, -0.1) is 0 Å². The second-order valence-electron chi connectivity index (χ2n) is 5.04. The Balaban J connectivity index is 1.70. The first-order valence-corrected chi connectivity index (χ1v) is 8.14. The zero-order valence-electron chi connectivity index (χ0n) is 11.0. The molecule has 0 spiro atoms. The second-order valence-corrected chi connectivity index (χ2v) is 5.91. The topological polar surface area (TPSA) is 45.4 Å². The van der Waals surface area contributed by atoms with E-state index in [1.54, 1.807) is 11.8 Å². The summed E-state index contributed by atoms with van der Waals surface area (Å²) in [5, 5.41) is 13.3. The normalized spacial score (nSPS) is 24.3. The van der Waals surface area contributed by atoms with E-state index >= 15 is 0 Å². The molecule has 0 radical (unpaired) electrons. The molecular weight excluding hydrogens is 246 g/mol. The highest BCUT2D eigenvalue weighted by Gasteiger charge is 2.22. The Kier molecular flexibility index (Phi) is 5.60. The first-order valence-electron chi connectivity index (χ1n) is 6.75. The third-order valence-electron chi connectivity index (χ3n) is 3.58. The van der Waals surface area contributed by atoms with Gasteiger partial charge in [-0.25, -0.2) is 0 Å². The predicted molar refractivity (Wildman–Crippen MR) is 75.6 cm³/mol. The van der Waals surface area contributed by atoms with Gasteiger partial charge in [0.05, 0.1) is 18.4 Å². The molecule has 1 aromatic rings. The van der Waals surface area contributed by atoms with Gasteiger partial charge in [-0.2, -0.15) is 11.8 Å². The molecule has 0 amide bonds. The van der Waals surface area contributed by atoms with E-state index in [0.717, 1.165) is 43.2 Å². The number of rotatable bonds is 6. The molecule has 3 nitrogen and oxygen atoms in total. The molecule has 2 N–H and O–H groups in total. The standard InChI is InChI=1S/C14H23NO2S/c1-18-10-13-7-6-12(17-13)9-15-8-11-4-2-3-5-14(11)16/h6-7,11,14-16H,2-5,8-10H2,1H3. The first-order chi connectivity index (χ1) is 8.79. The number of aliphatic hydroxyl groups is 1. The lowest BCUT2D eigenvalue weighted by Gasteiger charge is -2.27. The van der Waals surface area contributed by atoms with Gasteiger partial charge in [-0.05, 0) is 37.1 Å². The van der Waals surface area contributed by atoms with Crippen molar-refractivity contribution in [2.45, 2.75) is 44.1 Å². The van der Waals surface area contributed by atoms with E-state index in [9.17, 15) is 5.11 Å². The summed E-state index contributed by atoms with van der Waals surface area (Å²) < 4.78 is 5.69. The number of nitrogens with one attached hydrogen (secondary N) is 1. The van der Waals surface area contributed by atoms with Gasteiger partial charge in [-0.3, -0.25) is 0 Å². The summed E-state index contributed by atoms with van der Waals surface area (Å²) in [5.41, 5.74) is 0. The Hall–Kier alpha value is -0.450. The number of hydrogen-bond donors (Lipinski definition) is 2. The molecule has 0 aliphatic heterocycles. The van der Waals surface area contributed by atoms with Gasteiger partial charge in [0.15, 0.2) is 0 Å². The summed E-state index contributed by atoms with van der Waals surface area (Å²) in [6, 6.07) is 4.08. The maximum Gasteiger partial charge on any atom is 0.117 e. The molecule has 2 atom stereocenters. The molecule has 18 heavy (non-hydrogen) atoms. The Labute approximate surface area is 113 Å². The number of furan rings is 1. The van der Waals surface area contributed by atoms with Crippen molar-refractivity contribution < 1.29 is 9.52 Å². The van der Waals surface area contributed by atoms with Crippen molar-refractivity contribution in [2.75, 3.05) is 12.8 Å². The summed E-state index contributed by atoms with van der Waals surface area (Å²) in [6.07, 6.45) is 6.49. The van der Waals surface area contributed by atoms with Crippen LogP contribution in [0.4, 0.5) is 0 Å². The van der Waals surface area contributed by atoms with Crippen LogP contribution < -0.4 is 5.32 Å². The number of aliphatic hydroxyl groups excluding tert-OH is 1. The van der Waals surface area contributed by atoms with Crippen LogP contribution in [-0.2, 0) is 12.3 Å². The fourth-order valence-corrected chi connectivity index (χ4v) is 2.98. The highest BCUT2D eigenvalue weighted by Crippen LogP contribution is 2.23. The quantitative estimate of drug-likeness (QED) is 0.833. The van der Waals surface area contributed by atoms with Crippen LogP contribution in [-0.4, -0.2) is 24.0 Å². The van der Waals surface area contributed by atoms with E-state index < -0.39 is 0 Å². The van der Waals surface area contributed by atoms with Crippen molar-refractivity contribution in [3.8, 4) is 0 Å². The summed E-state index contributed by atoms with van der Waals surface area (Å²) in [4.78, 5) is 0. The van der Waals surface area contributed by atoms with Crippen LogP contribution in [0.1, 0.15) is 37.2 Å². The van der Waals surface area contributed by atoms with Crippen molar-refractivity contribution in [3.63, 3.8) is 0 Å². The zero-order chi connectivity index (χ0) is 12.8. The SMILES string of the molecule is CSCc1ccc(CNCC2CCCCC2O)o1. The number of thioether (sulfide) groups is 1. The van der Waals surface area contributed by atoms with Crippen LogP contribution in [0.5, 0.6) is 0 Å². The van der Waals surface area contributed by atoms with Crippen LogP contribution in [0.3, 0.4) is 0 Å². The summed E-state index contributed by atoms with van der Waals surface area (Å²) in [7, 11) is 0. The van der Waals surface area contributed by atoms with Crippen LogP contribution in [0.25, 0.3) is 0 Å². The molecule has 1 fully saturated rings. The zero-order valence-corrected chi connectivity index (χ0v) is 11.8. The molecular formula is C14H23NO2S. The fraction of sp³-hybridized carbons (Fsp3) is 0.714. The van der Waals surface area contributed by atoms with Crippen molar-refractivity contribution in [3.05, 3.63) is 23.7 Å². The second kappa shape index (κ2) is 7.22. The lowest BCUT2D eigenvalue weighted by Crippen LogP contribution is -2.33. The van der Waals surface area contributed by atoms with Crippen LogP contribution >= 0.6 is 11.8 Å². The van der Waals surface area contributed by atoms with Gasteiger partial charge >= 0.3 is 0 Å². The van der Waals surface area contributed by atoms with Crippen LogP contribution in [0.15, 0.2) is 16.5 Å². The van der Waals surface area contributed by atoms with E-state index in [1.165, 1.54) is 12.8 Å². The lowest BCUT2D eigenvalue weighted by molar-refractivity contribution is 0.0692. The molecule has 2 rings (SSSR count). The molecule has 0 bridgehead atoms. The largest absolute Gasteiger partial charge is 0.464 e. The number of hydrogen-bond acceptors (Lipinski definition) is 4. The third kappa shape index (κ3) is 4.04. The average molecular weight is 269 g/mol. The fourth-order valence-electron chi connectivity index (χ4n) is 2.54. The van der Waals surface area contributed by atoms with Gasteiger partial charge in [0, 0.05) is 6.54 Å². The Morgan fingerprint density at radius 3 is 2.89 bits per heavy atom. The predicted octanol–water partition coefficient (Wildman–Crippen LogP) is 2.78. The minimum Gasteiger partial charge on any atom is -0.464 e. The molecule has 1 aliphatic rings. The van der Waals surface area contributed by atoms with Crippen molar-refractivity contribution in [2.24, 2.45) is 5.92 Å². The van der Waals surface area contributed by atoms with Crippen molar-refractivity contribution >= 4 is 11.8 Å². The third-order valence-corrected chi connectivity index (χ3v) is 4.15. The smallest absolute Gasteiger partial charge is 0.117 e. The molecule has 1 aromatic heterocycles. The van der Waals surface area contributed by atoms with Gasteiger partial charge in [0.25, 0.3) is 0 Å². The molecule has 0 saturated heterocycles. The minimum absolute atomic E-state index is 0.116. The average Bonchev–Trinajstić information content (AvgIpc) is 2.80. The van der Waals surface area contributed by atoms with E-state index in [-0.39, 0.29) is 6.10 Å². The maximum absolute atomic E-state index is 9.87. The highest BCUT2D eigenvalue weighted by molar-refractivity contribution is 7.97. The van der Waals surface area contributed by atoms with Crippen LogP contribution in [0, 0.1) is 5.92 Å². The maximum atomic E-state index is 9.87.